The fourth-order valence-electron chi connectivity index (χ4n) is 1.60. The van der Waals surface area contributed by atoms with Gasteiger partial charge in [0.15, 0.2) is 0 Å². The van der Waals surface area contributed by atoms with Gasteiger partial charge in [-0.3, -0.25) is 4.79 Å². The summed E-state index contributed by atoms with van der Waals surface area (Å²) in [5.41, 5.74) is 7.08. The average Bonchev–Trinajstić information content (AvgIpc) is 2.27. The quantitative estimate of drug-likeness (QED) is 0.795. The Kier molecular flexibility index (Phi) is 4.48. The number of benzene rings is 1. The summed E-state index contributed by atoms with van der Waals surface area (Å²) in [6.45, 7) is 0.670. The number of carboxylic acids is 1. The Morgan fingerprint density at radius 1 is 1.53 bits per heavy atom. The predicted molar refractivity (Wildman–Crippen MR) is 64.9 cm³/mol. The first-order chi connectivity index (χ1) is 7.95. The Labute approximate surface area is 101 Å². The van der Waals surface area contributed by atoms with Crippen LogP contribution in [0.1, 0.15) is 17.2 Å². The second-order valence-corrected chi connectivity index (χ2v) is 4.12. The van der Waals surface area contributed by atoms with Crippen LogP contribution in [0.3, 0.4) is 0 Å². The molecule has 0 amide bonds. The highest BCUT2D eigenvalue weighted by molar-refractivity contribution is 5.75. The maximum Gasteiger partial charge on any atom is 0.325 e. The van der Waals surface area contributed by atoms with Gasteiger partial charge in [0.05, 0.1) is 7.11 Å². The van der Waals surface area contributed by atoms with Crippen molar-refractivity contribution in [2.45, 2.75) is 12.6 Å². The van der Waals surface area contributed by atoms with Gasteiger partial charge < -0.3 is 20.5 Å². The predicted octanol–water partition coefficient (Wildman–Crippen LogP) is 0.841. The van der Waals surface area contributed by atoms with E-state index in [0.717, 1.165) is 11.3 Å². The first-order valence-corrected chi connectivity index (χ1v) is 5.25. The van der Waals surface area contributed by atoms with Crippen LogP contribution in [0.2, 0.25) is 0 Å². The molecule has 0 aliphatic heterocycles. The number of rotatable bonds is 5. The number of ether oxygens (including phenoxy) is 1. The van der Waals surface area contributed by atoms with Crippen LogP contribution in [0, 0.1) is 0 Å². The van der Waals surface area contributed by atoms with E-state index in [2.05, 4.69) is 0 Å². The standard InChI is InChI=1S/C12H18N2O3/c1-14(2)7-9-6-8(11(13)12(15)16)4-5-10(9)17-3/h4-6,11H,7,13H2,1-3H3,(H,15,16)/t11-/m0/s1. The molecule has 0 fully saturated rings. The molecule has 0 unspecified atom stereocenters. The third kappa shape index (κ3) is 3.44. The molecule has 94 valence electrons. The normalized spacial score (nSPS) is 12.5. The van der Waals surface area contributed by atoms with Gasteiger partial charge in [-0.25, -0.2) is 0 Å². The zero-order valence-corrected chi connectivity index (χ0v) is 10.3. The van der Waals surface area contributed by atoms with Crippen LogP contribution in [-0.4, -0.2) is 37.2 Å². The molecule has 1 rings (SSSR count). The molecule has 0 aliphatic carbocycles. The number of carbonyl (C=O) groups is 1. The zero-order chi connectivity index (χ0) is 13.0. The number of hydrogen-bond donors (Lipinski definition) is 2. The molecular weight excluding hydrogens is 220 g/mol. The van der Waals surface area contributed by atoms with Crippen LogP contribution in [0.15, 0.2) is 18.2 Å². The van der Waals surface area contributed by atoms with Gasteiger partial charge in [-0.15, -0.1) is 0 Å². The van der Waals surface area contributed by atoms with E-state index in [1.807, 2.05) is 19.0 Å². The molecule has 0 radical (unpaired) electrons. The third-order valence-electron chi connectivity index (χ3n) is 2.42. The molecule has 0 bridgehead atoms. The number of carboxylic acid groups (broad SMARTS) is 1. The fraction of sp³-hybridized carbons (Fsp3) is 0.417. The Hall–Kier alpha value is -1.59. The van der Waals surface area contributed by atoms with Crippen molar-refractivity contribution in [2.75, 3.05) is 21.2 Å². The Morgan fingerprint density at radius 3 is 2.65 bits per heavy atom. The van der Waals surface area contributed by atoms with E-state index in [9.17, 15) is 4.79 Å². The van der Waals surface area contributed by atoms with Crippen molar-refractivity contribution in [2.24, 2.45) is 5.73 Å². The summed E-state index contributed by atoms with van der Waals surface area (Å²) in [5.74, 6) is -0.300. The number of nitrogens with zero attached hydrogens (tertiary/aromatic N) is 1. The van der Waals surface area contributed by atoms with Gasteiger partial charge in [-0.1, -0.05) is 6.07 Å². The largest absolute Gasteiger partial charge is 0.496 e. The molecule has 0 aliphatic rings. The average molecular weight is 238 g/mol. The van der Waals surface area contributed by atoms with E-state index in [4.69, 9.17) is 15.6 Å². The summed E-state index contributed by atoms with van der Waals surface area (Å²) < 4.78 is 5.23. The lowest BCUT2D eigenvalue weighted by Crippen LogP contribution is -2.21. The molecule has 5 nitrogen and oxygen atoms in total. The number of methoxy groups -OCH3 is 1. The summed E-state index contributed by atoms with van der Waals surface area (Å²) in [6, 6.07) is 4.20. The summed E-state index contributed by atoms with van der Waals surface area (Å²) in [4.78, 5) is 12.8. The van der Waals surface area contributed by atoms with Crippen LogP contribution in [0.25, 0.3) is 0 Å². The molecule has 0 saturated heterocycles. The second kappa shape index (κ2) is 5.65. The van der Waals surface area contributed by atoms with Crippen molar-refractivity contribution in [3.05, 3.63) is 29.3 Å². The number of hydrogen-bond acceptors (Lipinski definition) is 4. The van der Waals surface area contributed by atoms with Gasteiger partial charge >= 0.3 is 5.97 Å². The van der Waals surface area contributed by atoms with E-state index >= 15 is 0 Å². The van der Waals surface area contributed by atoms with Gasteiger partial charge in [0, 0.05) is 12.1 Å². The van der Waals surface area contributed by atoms with Crippen molar-refractivity contribution in [1.29, 1.82) is 0 Å². The van der Waals surface area contributed by atoms with Gasteiger partial charge in [-0.05, 0) is 31.8 Å². The monoisotopic (exact) mass is 238 g/mol. The molecule has 0 saturated carbocycles. The van der Waals surface area contributed by atoms with E-state index in [-0.39, 0.29) is 0 Å². The van der Waals surface area contributed by atoms with Crippen LogP contribution in [-0.2, 0) is 11.3 Å². The highest BCUT2D eigenvalue weighted by atomic mass is 16.5. The SMILES string of the molecule is COc1ccc([C@H](N)C(=O)O)cc1CN(C)C. The molecule has 1 atom stereocenters. The molecule has 1 aromatic rings. The summed E-state index contributed by atoms with van der Waals surface area (Å²) in [7, 11) is 5.46. The van der Waals surface area contributed by atoms with Gasteiger partial charge in [0.2, 0.25) is 0 Å². The minimum atomic E-state index is -1.04. The lowest BCUT2D eigenvalue weighted by molar-refractivity contribution is -0.138. The number of nitrogens with two attached hydrogens (primary N) is 1. The van der Waals surface area contributed by atoms with E-state index in [1.165, 1.54) is 0 Å². The molecule has 17 heavy (non-hydrogen) atoms. The van der Waals surface area contributed by atoms with Gasteiger partial charge in [0.1, 0.15) is 11.8 Å². The van der Waals surface area contributed by atoms with Crippen molar-refractivity contribution < 1.29 is 14.6 Å². The molecule has 1 aromatic carbocycles. The Morgan fingerprint density at radius 2 is 2.18 bits per heavy atom. The molecule has 0 spiro atoms. The highest BCUT2D eigenvalue weighted by Gasteiger charge is 2.16. The molecule has 0 heterocycles. The second-order valence-electron chi connectivity index (χ2n) is 4.12. The van der Waals surface area contributed by atoms with Crippen molar-refractivity contribution in [3.8, 4) is 5.75 Å². The highest BCUT2D eigenvalue weighted by Crippen LogP contribution is 2.23. The molecule has 5 heteroatoms. The van der Waals surface area contributed by atoms with Crippen LogP contribution >= 0.6 is 0 Å². The topological polar surface area (TPSA) is 75.8 Å². The van der Waals surface area contributed by atoms with Gasteiger partial charge in [0.25, 0.3) is 0 Å². The van der Waals surface area contributed by atoms with Crippen LogP contribution < -0.4 is 10.5 Å². The van der Waals surface area contributed by atoms with E-state index < -0.39 is 12.0 Å². The maximum absolute atomic E-state index is 10.8. The summed E-state index contributed by atoms with van der Waals surface area (Å²) in [5, 5.41) is 8.87. The lowest BCUT2D eigenvalue weighted by atomic mass is 10.0. The Bertz CT molecular complexity index is 405. The Balaban J connectivity index is 3.08. The van der Waals surface area contributed by atoms with Crippen molar-refractivity contribution in [3.63, 3.8) is 0 Å². The fourth-order valence-corrected chi connectivity index (χ4v) is 1.60. The van der Waals surface area contributed by atoms with Crippen LogP contribution in [0.4, 0.5) is 0 Å². The minimum Gasteiger partial charge on any atom is -0.496 e. The first-order valence-electron chi connectivity index (χ1n) is 5.25. The lowest BCUT2D eigenvalue weighted by Gasteiger charge is -2.16. The van der Waals surface area contributed by atoms with Crippen LogP contribution in [0.5, 0.6) is 5.75 Å². The van der Waals surface area contributed by atoms with Gasteiger partial charge in [-0.2, -0.15) is 0 Å². The molecular formula is C12H18N2O3. The summed E-state index contributed by atoms with van der Waals surface area (Å²) >= 11 is 0. The smallest absolute Gasteiger partial charge is 0.325 e. The minimum absolute atomic E-state index is 0.579. The molecule has 3 N–H and O–H groups in total. The maximum atomic E-state index is 10.8. The third-order valence-corrected chi connectivity index (χ3v) is 2.42. The summed E-state index contributed by atoms with van der Waals surface area (Å²) in [6.07, 6.45) is 0. The first kappa shape index (κ1) is 13.5. The zero-order valence-electron chi connectivity index (χ0n) is 10.3. The van der Waals surface area contributed by atoms with Crippen molar-refractivity contribution >= 4 is 5.97 Å². The van der Waals surface area contributed by atoms with Crippen molar-refractivity contribution in [1.82, 2.24) is 4.90 Å². The number of aliphatic carboxylic acids is 1. The molecule has 0 aromatic heterocycles. The van der Waals surface area contributed by atoms with E-state index in [0.29, 0.717) is 12.1 Å². The van der Waals surface area contributed by atoms with E-state index in [1.54, 1.807) is 25.3 Å².